The topological polar surface area (TPSA) is 53.7 Å². The number of furan rings is 1. The van der Waals surface area contributed by atoms with Gasteiger partial charge in [0.15, 0.2) is 5.76 Å². The van der Waals surface area contributed by atoms with Crippen LogP contribution in [-0.2, 0) is 5.60 Å². The third kappa shape index (κ3) is 2.36. The van der Waals surface area contributed by atoms with Gasteiger partial charge in [0.05, 0.1) is 11.9 Å². The van der Waals surface area contributed by atoms with Gasteiger partial charge in [-0.3, -0.25) is 4.79 Å². The standard InChI is InChI=1S/C18H18FNO3/c19-13-5-3-12(4-6-13)18(22)10-14-7-8-15(11-18)20(14)17(21)16-2-1-9-23-16/h1-6,9,14-15,22H,7-8,10-11H2. The number of benzene rings is 1. The molecule has 23 heavy (non-hydrogen) atoms. The summed E-state index contributed by atoms with van der Waals surface area (Å²) >= 11 is 0. The average Bonchev–Trinajstić information content (AvgIpc) is 3.15. The van der Waals surface area contributed by atoms with Crippen LogP contribution in [0.25, 0.3) is 0 Å². The van der Waals surface area contributed by atoms with Crippen molar-refractivity contribution < 1.29 is 18.7 Å². The molecule has 2 aliphatic rings. The maximum atomic E-state index is 13.1. The molecule has 1 amide bonds. The minimum Gasteiger partial charge on any atom is -0.459 e. The molecule has 4 nitrogen and oxygen atoms in total. The molecule has 2 aliphatic heterocycles. The molecule has 2 atom stereocenters. The van der Waals surface area contributed by atoms with Crippen LogP contribution in [-0.4, -0.2) is 28.0 Å². The Bertz CT molecular complexity index is 696. The number of carbonyl (C=O) groups excluding carboxylic acids is 1. The average molecular weight is 315 g/mol. The second kappa shape index (κ2) is 5.20. The van der Waals surface area contributed by atoms with Crippen LogP contribution in [0.1, 0.15) is 41.8 Å². The van der Waals surface area contributed by atoms with E-state index in [-0.39, 0.29) is 23.8 Å². The Hall–Kier alpha value is -2.14. The lowest BCUT2D eigenvalue weighted by Crippen LogP contribution is -2.51. The molecule has 1 aromatic carbocycles. The van der Waals surface area contributed by atoms with E-state index in [9.17, 15) is 14.3 Å². The lowest BCUT2D eigenvalue weighted by Gasteiger charge is -2.43. The quantitative estimate of drug-likeness (QED) is 0.926. The molecule has 2 unspecified atom stereocenters. The molecule has 1 aromatic heterocycles. The summed E-state index contributed by atoms with van der Waals surface area (Å²) in [7, 11) is 0. The van der Waals surface area contributed by atoms with Crippen LogP contribution in [0.15, 0.2) is 47.1 Å². The van der Waals surface area contributed by atoms with Gasteiger partial charge in [-0.15, -0.1) is 0 Å². The van der Waals surface area contributed by atoms with Gasteiger partial charge in [-0.2, -0.15) is 0 Å². The second-order valence-corrected chi connectivity index (χ2v) is 6.52. The predicted octanol–water partition coefficient (Wildman–Crippen LogP) is 3.07. The van der Waals surface area contributed by atoms with Crippen LogP contribution >= 0.6 is 0 Å². The lowest BCUT2D eigenvalue weighted by atomic mass is 9.80. The summed E-state index contributed by atoms with van der Waals surface area (Å²) in [4.78, 5) is 14.5. The maximum Gasteiger partial charge on any atom is 0.290 e. The first-order chi connectivity index (χ1) is 11.1. The molecule has 2 saturated heterocycles. The number of fused-ring (bicyclic) bond motifs is 2. The van der Waals surface area contributed by atoms with Crippen molar-refractivity contribution in [2.24, 2.45) is 0 Å². The molecule has 0 aliphatic carbocycles. The number of piperidine rings is 1. The minimum atomic E-state index is -1.00. The third-order valence-corrected chi connectivity index (χ3v) is 5.11. The Morgan fingerprint density at radius 3 is 2.39 bits per heavy atom. The summed E-state index contributed by atoms with van der Waals surface area (Å²) < 4.78 is 18.4. The highest BCUT2D eigenvalue weighted by molar-refractivity contribution is 5.92. The normalized spacial score (nSPS) is 29.7. The van der Waals surface area contributed by atoms with Crippen molar-refractivity contribution >= 4 is 5.91 Å². The van der Waals surface area contributed by atoms with E-state index < -0.39 is 5.60 Å². The van der Waals surface area contributed by atoms with Crippen LogP contribution < -0.4 is 0 Å². The second-order valence-electron chi connectivity index (χ2n) is 6.52. The third-order valence-electron chi connectivity index (χ3n) is 5.11. The van der Waals surface area contributed by atoms with Crippen LogP contribution in [0.3, 0.4) is 0 Å². The van der Waals surface area contributed by atoms with E-state index in [4.69, 9.17) is 4.42 Å². The number of amides is 1. The van der Waals surface area contributed by atoms with E-state index in [0.717, 1.165) is 18.4 Å². The summed E-state index contributed by atoms with van der Waals surface area (Å²) in [5.41, 5.74) is -0.277. The van der Waals surface area contributed by atoms with E-state index in [1.165, 1.54) is 18.4 Å². The first-order valence-electron chi connectivity index (χ1n) is 7.91. The number of nitrogens with zero attached hydrogens (tertiary/aromatic N) is 1. The molecular formula is C18H18FNO3. The zero-order valence-electron chi connectivity index (χ0n) is 12.6. The highest BCUT2D eigenvalue weighted by atomic mass is 19.1. The zero-order valence-corrected chi connectivity index (χ0v) is 12.6. The van der Waals surface area contributed by atoms with E-state index in [2.05, 4.69) is 0 Å². The Labute approximate surface area is 133 Å². The Morgan fingerprint density at radius 2 is 1.83 bits per heavy atom. The molecule has 2 bridgehead atoms. The molecule has 2 aromatic rings. The monoisotopic (exact) mass is 315 g/mol. The summed E-state index contributed by atoms with van der Waals surface area (Å²) in [6.45, 7) is 0. The van der Waals surface area contributed by atoms with E-state index >= 15 is 0 Å². The van der Waals surface area contributed by atoms with Gasteiger partial charge in [0.25, 0.3) is 5.91 Å². The van der Waals surface area contributed by atoms with Crippen molar-refractivity contribution in [3.05, 3.63) is 59.8 Å². The molecule has 120 valence electrons. The van der Waals surface area contributed by atoms with Crippen LogP contribution in [0.2, 0.25) is 0 Å². The predicted molar refractivity (Wildman–Crippen MR) is 81.2 cm³/mol. The van der Waals surface area contributed by atoms with E-state index in [1.54, 1.807) is 24.3 Å². The molecular weight excluding hydrogens is 297 g/mol. The number of rotatable bonds is 2. The fourth-order valence-electron chi connectivity index (χ4n) is 4.08. The van der Waals surface area contributed by atoms with Crippen LogP contribution in [0, 0.1) is 5.82 Å². The van der Waals surface area contributed by atoms with Crippen molar-refractivity contribution in [2.45, 2.75) is 43.4 Å². The number of hydrogen-bond donors (Lipinski definition) is 1. The van der Waals surface area contributed by atoms with Crippen LogP contribution in [0.5, 0.6) is 0 Å². The van der Waals surface area contributed by atoms with Crippen molar-refractivity contribution in [1.29, 1.82) is 0 Å². The van der Waals surface area contributed by atoms with E-state index in [0.29, 0.717) is 18.6 Å². The van der Waals surface area contributed by atoms with Gasteiger partial charge in [0.2, 0.25) is 0 Å². The number of carbonyl (C=O) groups is 1. The molecule has 3 heterocycles. The minimum absolute atomic E-state index is 0.0126. The molecule has 5 heteroatoms. The SMILES string of the molecule is O=C(c1ccco1)N1C2CCC1CC(O)(c1ccc(F)cc1)C2. The van der Waals surface area contributed by atoms with E-state index in [1.807, 2.05) is 4.90 Å². The highest BCUT2D eigenvalue weighted by Crippen LogP contribution is 2.46. The summed E-state index contributed by atoms with van der Waals surface area (Å²) in [5, 5.41) is 11.1. The van der Waals surface area contributed by atoms with Crippen LogP contribution in [0.4, 0.5) is 4.39 Å². The summed E-state index contributed by atoms with van der Waals surface area (Å²) in [6, 6.07) is 9.36. The van der Waals surface area contributed by atoms with Gasteiger partial charge in [-0.25, -0.2) is 4.39 Å². The van der Waals surface area contributed by atoms with Crippen molar-refractivity contribution in [3.8, 4) is 0 Å². The number of halogens is 1. The Kier molecular flexibility index (Phi) is 3.27. The number of aliphatic hydroxyl groups is 1. The largest absolute Gasteiger partial charge is 0.459 e. The van der Waals surface area contributed by atoms with Crippen molar-refractivity contribution in [2.75, 3.05) is 0 Å². The summed E-state index contributed by atoms with van der Waals surface area (Å²) in [6.07, 6.45) is 4.19. The zero-order chi connectivity index (χ0) is 16.0. The smallest absolute Gasteiger partial charge is 0.290 e. The molecule has 1 N–H and O–H groups in total. The first kappa shape index (κ1) is 14.5. The van der Waals surface area contributed by atoms with Crippen molar-refractivity contribution in [1.82, 2.24) is 4.90 Å². The molecule has 0 radical (unpaired) electrons. The molecule has 2 fully saturated rings. The van der Waals surface area contributed by atoms with Gasteiger partial charge in [-0.05, 0) is 42.7 Å². The fourth-order valence-corrected chi connectivity index (χ4v) is 4.08. The van der Waals surface area contributed by atoms with Gasteiger partial charge in [0.1, 0.15) is 5.82 Å². The van der Waals surface area contributed by atoms with Gasteiger partial charge in [0, 0.05) is 24.9 Å². The van der Waals surface area contributed by atoms with Gasteiger partial charge in [-0.1, -0.05) is 12.1 Å². The Balaban J connectivity index is 1.60. The lowest BCUT2D eigenvalue weighted by molar-refractivity contribution is -0.0486. The van der Waals surface area contributed by atoms with Gasteiger partial charge >= 0.3 is 0 Å². The highest BCUT2D eigenvalue weighted by Gasteiger charge is 2.50. The maximum absolute atomic E-state index is 13.1. The first-order valence-corrected chi connectivity index (χ1v) is 7.91. The summed E-state index contributed by atoms with van der Waals surface area (Å²) in [5.74, 6) is -0.0801. The number of hydrogen-bond acceptors (Lipinski definition) is 3. The van der Waals surface area contributed by atoms with Gasteiger partial charge < -0.3 is 14.4 Å². The fraction of sp³-hybridized carbons (Fsp3) is 0.389. The molecule has 4 rings (SSSR count). The molecule has 0 spiro atoms. The molecule has 0 saturated carbocycles. The van der Waals surface area contributed by atoms with Crippen molar-refractivity contribution in [3.63, 3.8) is 0 Å². The Morgan fingerprint density at radius 1 is 1.17 bits per heavy atom.